The lowest BCUT2D eigenvalue weighted by Crippen LogP contribution is -2.29. The number of nitrogens with zero attached hydrogens (tertiary/aromatic N) is 2. The lowest BCUT2D eigenvalue weighted by atomic mass is 10.1. The Morgan fingerprint density at radius 2 is 2.06 bits per heavy atom. The number of rotatable bonds is 5. The second kappa shape index (κ2) is 5.85. The van der Waals surface area contributed by atoms with Gasteiger partial charge in [0.25, 0.3) is 0 Å². The van der Waals surface area contributed by atoms with Gasteiger partial charge in [-0.25, -0.2) is 4.98 Å². The van der Waals surface area contributed by atoms with Crippen LogP contribution in [0.25, 0.3) is 0 Å². The Morgan fingerprint density at radius 1 is 1.38 bits per heavy atom. The fraction of sp³-hybridized carbons (Fsp3) is 0.615. The van der Waals surface area contributed by atoms with Crippen LogP contribution in [0.4, 0.5) is 5.82 Å². The van der Waals surface area contributed by atoms with Crippen LogP contribution in [0.15, 0.2) is 18.3 Å². The predicted octanol–water partition coefficient (Wildman–Crippen LogP) is 2.73. The Kier molecular flexibility index (Phi) is 4.74. The molecule has 1 aromatic heterocycles. The first-order chi connectivity index (χ1) is 7.56. The van der Waals surface area contributed by atoms with E-state index >= 15 is 0 Å². The van der Waals surface area contributed by atoms with E-state index in [2.05, 4.69) is 36.8 Å². The second-order valence-corrected chi connectivity index (χ2v) is 4.49. The maximum atomic E-state index is 5.79. The van der Waals surface area contributed by atoms with Gasteiger partial charge in [-0.1, -0.05) is 19.4 Å². The van der Waals surface area contributed by atoms with Gasteiger partial charge >= 0.3 is 0 Å². The Bertz CT molecular complexity index is 305. The monoisotopic (exact) mass is 221 g/mol. The van der Waals surface area contributed by atoms with E-state index < -0.39 is 0 Å². The highest BCUT2D eigenvalue weighted by Crippen LogP contribution is 2.17. The maximum absolute atomic E-state index is 5.79. The lowest BCUT2D eigenvalue weighted by molar-refractivity contribution is 0.611. The molecule has 0 fully saturated rings. The van der Waals surface area contributed by atoms with Crippen LogP contribution in [0.3, 0.4) is 0 Å². The minimum absolute atomic E-state index is 0.0555. The molecule has 3 heteroatoms. The molecule has 1 aromatic rings. The van der Waals surface area contributed by atoms with Crippen LogP contribution < -0.4 is 10.6 Å². The van der Waals surface area contributed by atoms with Crippen molar-refractivity contribution >= 4 is 5.82 Å². The van der Waals surface area contributed by atoms with Gasteiger partial charge in [-0.15, -0.1) is 0 Å². The molecule has 0 spiro atoms. The van der Waals surface area contributed by atoms with Crippen molar-refractivity contribution in [3.63, 3.8) is 0 Å². The molecule has 0 bridgehead atoms. The van der Waals surface area contributed by atoms with Gasteiger partial charge < -0.3 is 10.6 Å². The maximum Gasteiger partial charge on any atom is 0.128 e. The first-order valence-electron chi connectivity index (χ1n) is 6.00. The van der Waals surface area contributed by atoms with Crippen molar-refractivity contribution in [3.05, 3.63) is 23.9 Å². The molecule has 0 aliphatic heterocycles. The van der Waals surface area contributed by atoms with Crippen molar-refractivity contribution < 1.29 is 0 Å². The van der Waals surface area contributed by atoms with Crippen LogP contribution in [0.2, 0.25) is 0 Å². The minimum atomic E-state index is 0.0555. The zero-order valence-corrected chi connectivity index (χ0v) is 10.8. The summed E-state index contributed by atoms with van der Waals surface area (Å²) < 4.78 is 0. The Hall–Kier alpha value is -1.09. The molecule has 0 saturated heterocycles. The summed E-state index contributed by atoms with van der Waals surface area (Å²) >= 11 is 0. The molecule has 0 amide bonds. The minimum Gasteiger partial charge on any atom is -0.357 e. The first-order valence-corrected chi connectivity index (χ1v) is 6.00. The molecule has 0 saturated carbocycles. The molecule has 1 heterocycles. The van der Waals surface area contributed by atoms with E-state index in [1.807, 2.05) is 19.2 Å². The van der Waals surface area contributed by atoms with Crippen molar-refractivity contribution in [2.75, 3.05) is 11.9 Å². The molecule has 0 aliphatic carbocycles. The third kappa shape index (κ3) is 3.20. The smallest absolute Gasteiger partial charge is 0.128 e. The third-order valence-corrected chi connectivity index (χ3v) is 3.03. The highest BCUT2D eigenvalue weighted by atomic mass is 15.2. The Labute approximate surface area is 98.7 Å². The fourth-order valence-electron chi connectivity index (χ4n) is 1.71. The van der Waals surface area contributed by atoms with Gasteiger partial charge in [-0.2, -0.15) is 0 Å². The van der Waals surface area contributed by atoms with E-state index in [1.165, 1.54) is 12.8 Å². The fourth-order valence-corrected chi connectivity index (χ4v) is 1.71. The highest BCUT2D eigenvalue weighted by Gasteiger charge is 2.10. The van der Waals surface area contributed by atoms with Crippen molar-refractivity contribution in [3.8, 4) is 0 Å². The molecule has 1 rings (SSSR count). The van der Waals surface area contributed by atoms with Crippen molar-refractivity contribution in [2.24, 2.45) is 5.73 Å². The summed E-state index contributed by atoms with van der Waals surface area (Å²) in [4.78, 5) is 6.67. The van der Waals surface area contributed by atoms with Crippen LogP contribution in [-0.4, -0.2) is 18.1 Å². The lowest BCUT2D eigenvalue weighted by Gasteiger charge is -2.25. The molecular formula is C13H23N3. The van der Waals surface area contributed by atoms with Crippen molar-refractivity contribution in [2.45, 2.75) is 45.7 Å². The van der Waals surface area contributed by atoms with Gasteiger partial charge in [0.15, 0.2) is 0 Å². The van der Waals surface area contributed by atoms with E-state index in [4.69, 9.17) is 5.73 Å². The van der Waals surface area contributed by atoms with Crippen molar-refractivity contribution in [1.82, 2.24) is 4.98 Å². The van der Waals surface area contributed by atoms with Crippen LogP contribution in [0, 0.1) is 0 Å². The molecular weight excluding hydrogens is 198 g/mol. The average molecular weight is 221 g/mol. The topological polar surface area (TPSA) is 42.1 Å². The summed E-state index contributed by atoms with van der Waals surface area (Å²) in [5, 5.41) is 0. The average Bonchev–Trinajstić information content (AvgIpc) is 2.28. The summed E-state index contributed by atoms with van der Waals surface area (Å²) in [7, 11) is 2.09. The molecule has 0 aliphatic rings. The van der Waals surface area contributed by atoms with Crippen LogP contribution in [0.1, 0.15) is 45.2 Å². The highest BCUT2D eigenvalue weighted by molar-refractivity contribution is 5.39. The molecule has 2 N–H and O–H groups in total. The van der Waals surface area contributed by atoms with Crippen molar-refractivity contribution in [1.29, 1.82) is 0 Å². The van der Waals surface area contributed by atoms with Crippen LogP contribution in [-0.2, 0) is 0 Å². The molecule has 90 valence electrons. The Balaban J connectivity index is 2.73. The summed E-state index contributed by atoms with van der Waals surface area (Å²) in [5.74, 6) is 1.02. The number of hydrogen-bond acceptors (Lipinski definition) is 3. The molecule has 2 atom stereocenters. The van der Waals surface area contributed by atoms with E-state index in [0.717, 1.165) is 11.4 Å². The number of nitrogens with two attached hydrogens (primary N) is 1. The zero-order chi connectivity index (χ0) is 12.1. The summed E-state index contributed by atoms with van der Waals surface area (Å²) in [6.07, 6.45) is 4.26. The van der Waals surface area contributed by atoms with Gasteiger partial charge in [0, 0.05) is 25.3 Å². The van der Waals surface area contributed by atoms with Gasteiger partial charge in [0.1, 0.15) is 5.82 Å². The molecule has 2 unspecified atom stereocenters. The largest absolute Gasteiger partial charge is 0.357 e. The zero-order valence-electron chi connectivity index (χ0n) is 10.8. The molecule has 3 nitrogen and oxygen atoms in total. The second-order valence-electron chi connectivity index (χ2n) is 4.49. The summed E-state index contributed by atoms with van der Waals surface area (Å²) in [6, 6.07) is 4.69. The van der Waals surface area contributed by atoms with E-state index in [0.29, 0.717) is 6.04 Å². The van der Waals surface area contributed by atoms with E-state index in [9.17, 15) is 0 Å². The number of aromatic nitrogens is 1. The van der Waals surface area contributed by atoms with Crippen LogP contribution in [0.5, 0.6) is 0 Å². The van der Waals surface area contributed by atoms with E-state index in [1.54, 1.807) is 0 Å². The normalized spacial score (nSPS) is 14.6. The van der Waals surface area contributed by atoms with Gasteiger partial charge in [-0.3, -0.25) is 0 Å². The van der Waals surface area contributed by atoms with Gasteiger partial charge in [0.05, 0.1) is 0 Å². The van der Waals surface area contributed by atoms with Gasteiger partial charge in [-0.05, 0) is 31.9 Å². The molecule has 0 radical (unpaired) electrons. The molecule has 0 aromatic carbocycles. The quantitative estimate of drug-likeness (QED) is 0.831. The van der Waals surface area contributed by atoms with Gasteiger partial charge in [0.2, 0.25) is 0 Å². The standard InChI is InChI=1S/C13H23N3/c1-5-6-10(2)16(4)13-8-7-12(9-15-13)11(3)14/h7-11H,5-6,14H2,1-4H3. The molecule has 16 heavy (non-hydrogen) atoms. The van der Waals surface area contributed by atoms with Crippen LogP contribution >= 0.6 is 0 Å². The predicted molar refractivity (Wildman–Crippen MR) is 69.6 cm³/mol. The Morgan fingerprint density at radius 3 is 2.50 bits per heavy atom. The number of anilines is 1. The number of hydrogen-bond donors (Lipinski definition) is 1. The first kappa shape index (κ1) is 13.0. The van der Waals surface area contributed by atoms with E-state index in [-0.39, 0.29) is 6.04 Å². The third-order valence-electron chi connectivity index (χ3n) is 3.03. The summed E-state index contributed by atoms with van der Waals surface area (Å²) in [5.41, 5.74) is 6.88. The number of pyridine rings is 1. The summed E-state index contributed by atoms with van der Waals surface area (Å²) in [6.45, 7) is 6.40. The SMILES string of the molecule is CCCC(C)N(C)c1ccc(C(C)N)cn1.